The molecule has 2 amide bonds. The fourth-order valence-corrected chi connectivity index (χ4v) is 3.42. The number of benzene rings is 2. The number of ether oxygens (including phenoxy) is 1. The van der Waals surface area contributed by atoms with Gasteiger partial charge in [0.05, 0.1) is 7.11 Å². The number of amides is 2. The third-order valence-electron chi connectivity index (χ3n) is 4.90. The molecule has 0 aromatic heterocycles. The zero-order valence-electron chi connectivity index (χ0n) is 15.7. The number of carbonyl (C=O) groups excluding carboxylic acids is 2. The molecule has 2 aromatic carbocycles. The zero-order chi connectivity index (χ0) is 19.1. The Bertz CT molecular complexity index is 759. The third kappa shape index (κ3) is 4.88. The highest BCUT2D eigenvalue weighted by Gasteiger charge is 2.36. The highest BCUT2D eigenvalue weighted by Crippen LogP contribution is 2.26. The van der Waals surface area contributed by atoms with E-state index in [1.54, 1.807) is 12.0 Å². The molecule has 5 nitrogen and oxygen atoms in total. The Kier molecular flexibility index (Phi) is 6.47. The Morgan fingerprint density at radius 2 is 1.85 bits per heavy atom. The lowest BCUT2D eigenvalue weighted by atomic mass is 10.1. The Morgan fingerprint density at radius 3 is 2.56 bits per heavy atom. The first-order valence-corrected chi connectivity index (χ1v) is 9.47. The second-order valence-corrected chi connectivity index (χ2v) is 6.75. The number of hydrogen-bond donors (Lipinski definition) is 1. The van der Waals surface area contributed by atoms with Crippen molar-refractivity contribution in [3.05, 3.63) is 60.2 Å². The van der Waals surface area contributed by atoms with Crippen LogP contribution in [-0.4, -0.2) is 31.5 Å². The lowest BCUT2D eigenvalue weighted by Crippen LogP contribution is -2.45. The molecule has 0 bridgehead atoms. The van der Waals surface area contributed by atoms with Crippen molar-refractivity contribution in [2.75, 3.05) is 18.6 Å². The molecule has 0 spiro atoms. The molecule has 0 radical (unpaired) electrons. The van der Waals surface area contributed by atoms with E-state index in [0.29, 0.717) is 19.4 Å². The maximum absolute atomic E-state index is 12.6. The number of nitrogens with zero attached hydrogens (tertiary/aromatic N) is 1. The standard InChI is InChI=1S/C22H26N2O3/c1-27-19-12-10-17(11-13-19)7-5-6-16-23-22(26)20-14-15-21(25)24(20)18-8-3-2-4-9-18/h2-4,8-13,20H,5-7,14-16H2,1H3,(H,23,26). The Hall–Kier alpha value is -2.82. The first kappa shape index (κ1) is 19.0. The van der Waals surface area contributed by atoms with Crippen LogP contribution in [0.3, 0.4) is 0 Å². The molecule has 1 atom stereocenters. The molecule has 2 aromatic rings. The molecule has 1 unspecified atom stereocenters. The van der Waals surface area contributed by atoms with Crippen molar-refractivity contribution in [2.45, 2.75) is 38.1 Å². The average molecular weight is 366 g/mol. The topological polar surface area (TPSA) is 58.6 Å². The van der Waals surface area contributed by atoms with Gasteiger partial charge in [-0.05, 0) is 55.5 Å². The van der Waals surface area contributed by atoms with Gasteiger partial charge >= 0.3 is 0 Å². The second kappa shape index (κ2) is 9.21. The van der Waals surface area contributed by atoms with Crippen LogP contribution in [0.4, 0.5) is 5.69 Å². The van der Waals surface area contributed by atoms with E-state index in [-0.39, 0.29) is 11.8 Å². The van der Waals surface area contributed by atoms with Gasteiger partial charge in [0.1, 0.15) is 11.8 Å². The second-order valence-electron chi connectivity index (χ2n) is 6.75. The third-order valence-corrected chi connectivity index (χ3v) is 4.90. The van der Waals surface area contributed by atoms with Gasteiger partial charge < -0.3 is 10.1 Å². The predicted molar refractivity (Wildman–Crippen MR) is 106 cm³/mol. The minimum Gasteiger partial charge on any atom is -0.497 e. The summed E-state index contributed by atoms with van der Waals surface area (Å²) in [5.41, 5.74) is 2.05. The molecule has 3 rings (SSSR count). The summed E-state index contributed by atoms with van der Waals surface area (Å²) >= 11 is 0. The molecule has 0 aliphatic carbocycles. The van der Waals surface area contributed by atoms with E-state index in [9.17, 15) is 9.59 Å². The van der Waals surface area contributed by atoms with E-state index in [2.05, 4.69) is 17.4 Å². The van der Waals surface area contributed by atoms with Crippen LogP contribution in [0.5, 0.6) is 5.75 Å². The molecule has 1 heterocycles. The van der Waals surface area contributed by atoms with Gasteiger partial charge in [0, 0.05) is 18.7 Å². The monoisotopic (exact) mass is 366 g/mol. The van der Waals surface area contributed by atoms with Crippen LogP contribution in [0.1, 0.15) is 31.2 Å². The lowest BCUT2D eigenvalue weighted by molar-refractivity contribution is -0.123. The quantitative estimate of drug-likeness (QED) is 0.729. The number of methoxy groups -OCH3 is 1. The molecule has 27 heavy (non-hydrogen) atoms. The molecule has 1 aliphatic heterocycles. The molecular weight excluding hydrogens is 340 g/mol. The van der Waals surface area contributed by atoms with E-state index in [0.717, 1.165) is 30.7 Å². The van der Waals surface area contributed by atoms with Gasteiger partial charge in [-0.2, -0.15) is 0 Å². The minimum atomic E-state index is -0.401. The van der Waals surface area contributed by atoms with E-state index in [1.165, 1.54) is 5.56 Å². The van der Waals surface area contributed by atoms with Crippen molar-refractivity contribution in [3.63, 3.8) is 0 Å². The van der Waals surface area contributed by atoms with Gasteiger partial charge in [0.15, 0.2) is 0 Å². The highest BCUT2D eigenvalue weighted by molar-refractivity contribution is 6.03. The number of nitrogens with one attached hydrogen (secondary N) is 1. The maximum atomic E-state index is 12.6. The first-order chi connectivity index (χ1) is 13.2. The van der Waals surface area contributed by atoms with Gasteiger partial charge in [-0.15, -0.1) is 0 Å². The number of carbonyl (C=O) groups is 2. The van der Waals surface area contributed by atoms with Crippen LogP contribution in [0, 0.1) is 0 Å². The SMILES string of the molecule is COc1ccc(CCCCNC(=O)C2CCC(=O)N2c2ccccc2)cc1. The van der Waals surface area contributed by atoms with Gasteiger partial charge in [0.25, 0.3) is 0 Å². The number of rotatable bonds is 8. The first-order valence-electron chi connectivity index (χ1n) is 9.47. The molecule has 1 saturated heterocycles. The van der Waals surface area contributed by atoms with Gasteiger partial charge in [-0.25, -0.2) is 0 Å². The Morgan fingerprint density at radius 1 is 1.11 bits per heavy atom. The van der Waals surface area contributed by atoms with Crippen molar-refractivity contribution >= 4 is 17.5 Å². The minimum absolute atomic E-state index is 0.0147. The normalized spacial score (nSPS) is 16.4. The van der Waals surface area contributed by atoms with Crippen LogP contribution in [0.15, 0.2) is 54.6 Å². The van der Waals surface area contributed by atoms with E-state index in [1.807, 2.05) is 42.5 Å². The fraction of sp³-hybridized carbons (Fsp3) is 0.364. The molecule has 5 heteroatoms. The molecule has 0 saturated carbocycles. The van der Waals surface area contributed by atoms with Crippen molar-refractivity contribution in [1.82, 2.24) is 5.32 Å². The number of anilines is 1. The van der Waals surface area contributed by atoms with Crippen LogP contribution >= 0.6 is 0 Å². The van der Waals surface area contributed by atoms with E-state index < -0.39 is 6.04 Å². The van der Waals surface area contributed by atoms with Crippen molar-refractivity contribution in [2.24, 2.45) is 0 Å². The van der Waals surface area contributed by atoms with Crippen LogP contribution in [0.25, 0.3) is 0 Å². The van der Waals surface area contributed by atoms with Gasteiger partial charge in [-0.1, -0.05) is 30.3 Å². The molecule has 1 aliphatic rings. The number of unbranched alkanes of at least 4 members (excludes halogenated alkanes) is 1. The summed E-state index contributed by atoms with van der Waals surface area (Å²) in [6.07, 6.45) is 3.87. The van der Waals surface area contributed by atoms with Crippen LogP contribution < -0.4 is 15.0 Å². The summed E-state index contributed by atoms with van der Waals surface area (Å²) in [4.78, 5) is 26.4. The van der Waals surface area contributed by atoms with Crippen molar-refractivity contribution < 1.29 is 14.3 Å². The largest absolute Gasteiger partial charge is 0.497 e. The highest BCUT2D eigenvalue weighted by atomic mass is 16.5. The van der Waals surface area contributed by atoms with Crippen molar-refractivity contribution in [3.8, 4) is 5.75 Å². The van der Waals surface area contributed by atoms with Gasteiger partial charge in [-0.3, -0.25) is 14.5 Å². The molecule has 142 valence electrons. The van der Waals surface area contributed by atoms with Crippen molar-refractivity contribution in [1.29, 1.82) is 0 Å². The number of hydrogen-bond acceptors (Lipinski definition) is 3. The summed E-state index contributed by atoms with van der Waals surface area (Å²) in [6, 6.07) is 17.1. The Balaban J connectivity index is 1.44. The molecule has 1 fully saturated rings. The fourth-order valence-electron chi connectivity index (χ4n) is 3.42. The van der Waals surface area contributed by atoms with Crippen LogP contribution in [0.2, 0.25) is 0 Å². The Labute approximate surface area is 160 Å². The summed E-state index contributed by atoms with van der Waals surface area (Å²) in [5.74, 6) is 0.815. The zero-order valence-corrected chi connectivity index (χ0v) is 15.7. The van der Waals surface area contributed by atoms with E-state index >= 15 is 0 Å². The summed E-state index contributed by atoms with van der Waals surface area (Å²) in [5, 5.41) is 3.00. The smallest absolute Gasteiger partial charge is 0.243 e. The average Bonchev–Trinajstić information content (AvgIpc) is 3.10. The molecular formula is C22H26N2O3. The number of aryl methyl sites for hydroxylation is 1. The van der Waals surface area contributed by atoms with Gasteiger partial charge in [0.2, 0.25) is 11.8 Å². The number of para-hydroxylation sites is 1. The maximum Gasteiger partial charge on any atom is 0.243 e. The predicted octanol–water partition coefficient (Wildman–Crippen LogP) is 3.33. The molecule has 1 N–H and O–H groups in total. The van der Waals surface area contributed by atoms with E-state index in [4.69, 9.17) is 4.74 Å². The summed E-state index contributed by atoms with van der Waals surface area (Å²) in [6.45, 7) is 0.627. The summed E-state index contributed by atoms with van der Waals surface area (Å²) in [7, 11) is 1.66. The van der Waals surface area contributed by atoms with Crippen LogP contribution in [-0.2, 0) is 16.0 Å². The lowest BCUT2D eigenvalue weighted by Gasteiger charge is -2.24. The summed E-state index contributed by atoms with van der Waals surface area (Å²) < 4.78 is 5.16.